The summed E-state index contributed by atoms with van der Waals surface area (Å²) in [7, 11) is -3.89. The first-order valence-corrected chi connectivity index (χ1v) is 10.4. The molecule has 3 rings (SSSR count). The van der Waals surface area contributed by atoms with Gasteiger partial charge in [-0.3, -0.25) is 14.8 Å². The lowest BCUT2D eigenvalue weighted by Crippen LogP contribution is -2.13. The number of carbonyl (C=O) groups excluding carboxylic acids is 1. The van der Waals surface area contributed by atoms with Crippen molar-refractivity contribution in [2.45, 2.75) is 25.1 Å². The highest BCUT2D eigenvalue weighted by molar-refractivity contribution is 7.94. The van der Waals surface area contributed by atoms with Crippen molar-refractivity contribution in [3.63, 3.8) is 0 Å². The molecular weight excluding hydrogens is 384 g/mol. The molecule has 1 aromatic heterocycles. The summed E-state index contributed by atoms with van der Waals surface area (Å²) in [5.41, 5.74) is 3.78. The predicted octanol–water partition coefficient (Wildman–Crippen LogP) is 3.52. The lowest BCUT2D eigenvalue weighted by molar-refractivity contribution is 0.102. The number of sulfonamides is 1. The lowest BCUT2D eigenvalue weighted by Gasteiger charge is -2.07. The highest BCUT2D eigenvalue weighted by atomic mass is 32.2. The zero-order valence-corrected chi connectivity index (χ0v) is 16.6. The third-order valence-corrected chi connectivity index (χ3v) is 6.59. The van der Waals surface area contributed by atoms with Crippen LogP contribution in [0, 0.1) is 20.8 Å². The normalized spacial score (nSPS) is 11.2. The largest absolute Gasteiger partial charge is 0.296 e. The average molecular weight is 403 g/mol. The maximum atomic E-state index is 12.5. The molecule has 0 radical (unpaired) electrons. The van der Waals surface area contributed by atoms with Crippen LogP contribution in [0.25, 0.3) is 0 Å². The number of carbonyl (C=O) groups is 1. The first-order chi connectivity index (χ1) is 12.8. The molecule has 2 aromatic carbocycles. The predicted molar refractivity (Wildman–Crippen MR) is 106 cm³/mol. The minimum Gasteiger partial charge on any atom is -0.296 e. The zero-order valence-electron chi connectivity index (χ0n) is 15.0. The molecule has 140 valence electrons. The van der Waals surface area contributed by atoms with Crippen LogP contribution in [0.2, 0.25) is 0 Å². The first-order valence-electron chi connectivity index (χ1n) is 8.07. The molecule has 0 aliphatic carbocycles. The molecule has 9 heteroatoms. The maximum Gasteiger partial charge on any atom is 0.291 e. The minimum absolute atomic E-state index is 0.115. The van der Waals surface area contributed by atoms with Gasteiger partial charge in [0.05, 0.1) is 0 Å². The number of aromatic nitrogens is 2. The van der Waals surface area contributed by atoms with Gasteiger partial charge in [0.1, 0.15) is 0 Å². The number of rotatable bonds is 5. The third-order valence-electron chi connectivity index (χ3n) is 4.01. The second-order valence-electron chi connectivity index (χ2n) is 6.05. The van der Waals surface area contributed by atoms with E-state index >= 15 is 0 Å². The Kier molecular flexibility index (Phi) is 5.24. The van der Waals surface area contributed by atoms with Crippen molar-refractivity contribution in [1.82, 2.24) is 10.2 Å². The molecule has 0 spiro atoms. The van der Waals surface area contributed by atoms with Gasteiger partial charge in [0, 0.05) is 11.3 Å². The van der Waals surface area contributed by atoms with E-state index in [9.17, 15) is 13.2 Å². The standard InChI is InChI=1S/C18H18N4O3S2/c1-11-8-9-14(10-13(11)3)22-27(24,25)18-21-20-17(26-18)19-16(23)15-7-5-4-6-12(15)2/h4-10,22H,1-3H3,(H,19,20,23). The van der Waals surface area contributed by atoms with E-state index in [2.05, 4.69) is 20.2 Å². The fourth-order valence-corrected chi connectivity index (χ4v) is 4.31. The number of benzene rings is 2. The van der Waals surface area contributed by atoms with Gasteiger partial charge in [0.25, 0.3) is 20.3 Å². The molecule has 0 aliphatic rings. The van der Waals surface area contributed by atoms with E-state index in [1.807, 2.05) is 39.0 Å². The van der Waals surface area contributed by atoms with E-state index in [1.165, 1.54) is 0 Å². The maximum absolute atomic E-state index is 12.5. The van der Waals surface area contributed by atoms with Crippen LogP contribution in [0.3, 0.4) is 0 Å². The van der Waals surface area contributed by atoms with Crippen molar-refractivity contribution in [3.8, 4) is 0 Å². The van der Waals surface area contributed by atoms with E-state index in [0.29, 0.717) is 11.3 Å². The quantitative estimate of drug-likeness (QED) is 0.636. The summed E-state index contributed by atoms with van der Waals surface area (Å²) in [5.74, 6) is -0.365. The Labute approximate surface area is 161 Å². The van der Waals surface area contributed by atoms with Gasteiger partial charge in [0.15, 0.2) is 0 Å². The summed E-state index contributed by atoms with van der Waals surface area (Å²) in [6.07, 6.45) is 0. The summed E-state index contributed by atoms with van der Waals surface area (Å²) in [6.45, 7) is 5.66. The van der Waals surface area contributed by atoms with Crippen molar-refractivity contribution in [2.24, 2.45) is 0 Å². The molecule has 0 aliphatic heterocycles. The number of amides is 1. The van der Waals surface area contributed by atoms with E-state index in [-0.39, 0.29) is 15.4 Å². The van der Waals surface area contributed by atoms with Gasteiger partial charge in [-0.15, -0.1) is 10.2 Å². The molecule has 1 amide bonds. The summed E-state index contributed by atoms with van der Waals surface area (Å²) in [6, 6.07) is 12.4. The molecular formula is C18H18N4O3S2. The van der Waals surface area contributed by atoms with Crippen molar-refractivity contribution in [2.75, 3.05) is 10.0 Å². The number of nitrogens with zero attached hydrogens (tertiary/aromatic N) is 2. The number of aryl methyl sites for hydroxylation is 3. The van der Waals surface area contributed by atoms with Gasteiger partial charge in [-0.05, 0) is 55.7 Å². The molecule has 27 heavy (non-hydrogen) atoms. The van der Waals surface area contributed by atoms with Crippen molar-refractivity contribution in [3.05, 3.63) is 64.7 Å². The molecule has 0 saturated carbocycles. The summed E-state index contributed by atoms with van der Waals surface area (Å²) in [4.78, 5) is 12.3. The fourth-order valence-electron chi connectivity index (χ4n) is 2.36. The summed E-state index contributed by atoms with van der Waals surface area (Å²) < 4.78 is 27.3. The number of hydrogen-bond donors (Lipinski definition) is 2. The van der Waals surface area contributed by atoms with Crippen molar-refractivity contribution < 1.29 is 13.2 Å². The van der Waals surface area contributed by atoms with E-state index < -0.39 is 10.0 Å². The summed E-state index contributed by atoms with van der Waals surface area (Å²) in [5, 5.41) is 10.2. The van der Waals surface area contributed by atoms with Gasteiger partial charge in [-0.1, -0.05) is 35.6 Å². The molecule has 3 aromatic rings. The molecule has 0 atom stereocenters. The smallest absolute Gasteiger partial charge is 0.291 e. The van der Waals surface area contributed by atoms with Crippen molar-refractivity contribution >= 4 is 38.1 Å². The zero-order chi connectivity index (χ0) is 19.6. The topological polar surface area (TPSA) is 101 Å². The van der Waals surface area contributed by atoms with Gasteiger partial charge in [-0.2, -0.15) is 8.42 Å². The molecule has 2 N–H and O–H groups in total. The van der Waals surface area contributed by atoms with Crippen LogP contribution in [0.15, 0.2) is 46.8 Å². The Morgan fingerprint density at radius 3 is 2.41 bits per heavy atom. The highest BCUT2D eigenvalue weighted by Crippen LogP contribution is 2.24. The molecule has 1 heterocycles. The summed E-state index contributed by atoms with van der Waals surface area (Å²) >= 11 is 0.791. The SMILES string of the molecule is Cc1ccc(NS(=O)(=O)c2nnc(NC(=O)c3ccccc3C)s2)cc1C. The van der Waals surface area contributed by atoms with E-state index in [1.54, 1.807) is 24.3 Å². The van der Waals surface area contributed by atoms with E-state index in [4.69, 9.17) is 0 Å². The van der Waals surface area contributed by atoms with Crippen LogP contribution in [0.1, 0.15) is 27.0 Å². The molecule has 0 unspecified atom stereocenters. The van der Waals surface area contributed by atoms with Crippen LogP contribution in [0.4, 0.5) is 10.8 Å². The Balaban J connectivity index is 1.77. The number of hydrogen-bond acceptors (Lipinski definition) is 6. The van der Waals surface area contributed by atoms with Crippen LogP contribution >= 0.6 is 11.3 Å². The second kappa shape index (κ2) is 7.45. The fraction of sp³-hybridized carbons (Fsp3) is 0.167. The highest BCUT2D eigenvalue weighted by Gasteiger charge is 2.21. The van der Waals surface area contributed by atoms with Gasteiger partial charge >= 0.3 is 0 Å². The van der Waals surface area contributed by atoms with Gasteiger partial charge < -0.3 is 0 Å². The lowest BCUT2D eigenvalue weighted by atomic mass is 10.1. The Bertz CT molecular complexity index is 1110. The minimum atomic E-state index is -3.89. The average Bonchev–Trinajstić information content (AvgIpc) is 3.08. The van der Waals surface area contributed by atoms with Crippen molar-refractivity contribution in [1.29, 1.82) is 0 Å². The van der Waals surface area contributed by atoms with Crippen LogP contribution in [-0.2, 0) is 10.0 Å². The first kappa shape index (κ1) is 19.0. The Hall–Kier alpha value is -2.78. The molecule has 0 fully saturated rings. The Morgan fingerprint density at radius 2 is 1.70 bits per heavy atom. The van der Waals surface area contributed by atoms with E-state index in [0.717, 1.165) is 28.0 Å². The van der Waals surface area contributed by atoms with Gasteiger partial charge in [-0.25, -0.2) is 0 Å². The van der Waals surface area contributed by atoms with Gasteiger partial charge in [0.2, 0.25) is 5.13 Å². The number of anilines is 2. The monoisotopic (exact) mass is 402 g/mol. The van der Waals surface area contributed by atoms with Crippen LogP contribution in [-0.4, -0.2) is 24.5 Å². The number of nitrogens with one attached hydrogen (secondary N) is 2. The molecule has 7 nitrogen and oxygen atoms in total. The third kappa shape index (κ3) is 4.32. The second-order valence-corrected chi connectivity index (χ2v) is 8.88. The molecule has 0 saturated heterocycles. The molecule has 0 bridgehead atoms. The van der Waals surface area contributed by atoms with Crippen LogP contribution < -0.4 is 10.0 Å². The Morgan fingerprint density at radius 1 is 0.963 bits per heavy atom. The van der Waals surface area contributed by atoms with Crippen LogP contribution in [0.5, 0.6) is 0 Å².